The number of carbonyl (C=O) groups is 1. The molecule has 0 aliphatic carbocycles. The molecular formula is C18H12ClF3N4O2. The monoisotopic (exact) mass is 408 g/mol. The third-order valence-corrected chi connectivity index (χ3v) is 4.31. The summed E-state index contributed by atoms with van der Waals surface area (Å²) in [5.41, 5.74) is -0.111. The molecule has 2 N–H and O–H groups in total. The highest BCUT2D eigenvalue weighted by atomic mass is 35.5. The molecule has 3 aromatic heterocycles. The highest BCUT2D eigenvalue weighted by Crippen LogP contribution is 2.32. The van der Waals surface area contributed by atoms with Crippen LogP contribution in [0.2, 0.25) is 5.02 Å². The maximum Gasteiger partial charge on any atom is 0.416 e. The Bertz CT molecular complexity index is 1150. The van der Waals surface area contributed by atoms with Crippen LogP contribution in [0.25, 0.3) is 11.0 Å². The molecule has 6 nitrogen and oxygen atoms in total. The number of rotatable bonds is 4. The summed E-state index contributed by atoms with van der Waals surface area (Å²) >= 11 is 5.81. The van der Waals surface area contributed by atoms with Crippen LogP contribution in [0, 0.1) is 0 Å². The molecule has 1 aromatic carbocycles. The maximum atomic E-state index is 13.0. The molecule has 4 aromatic rings. The lowest BCUT2D eigenvalue weighted by molar-refractivity contribution is -0.137. The Kier molecular flexibility index (Phi) is 4.38. The van der Waals surface area contributed by atoms with Crippen molar-refractivity contribution in [2.75, 3.05) is 5.32 Å². The molecule has 1 amide bonds. The number of fused-ring (bicyclic) bond motifs is 1. The predicted octanol–water partition coefficient (Wildman–Crippen LogP) is 4.93. The zero-order valence-corrected chi connectivity index (χ0v) is 14.8. The molecule has 0 radical (unpaired) electrons. The van der Waals surface area contributed by atoms with Crippen LogP contribution in [0.3, 0.4) is 0 Å². The van der Waals surface area contributed by atoms with Gasteiger partial charge >= 0.3 is 6.18 Å². The fourth-order valence-electron chi connectivity index (χ4n) is 2.79. The summed E-state index contributed by atoms with van der Waals surface area (Å²) in [5.74, 6) is 0.109. The van der Waals surface area contributed by atoms with Crippen LogP contribution in [0.5, 0.6) is 0 Å². The number of anilines is 1. The predicted molar refractivity (Wildman–Crippen MR) is 96.3 cm³/mol. The van der Waals surface area contributed by atoms with E-state index in [9.17, 15) is 18.0 Å². The number of imidazole rings is 1. The van der Waals surface area contributed by atoms with Crippen molar-refractivity contribution in [2.45, 2.75) is 12.7 Å². The van der Waals surface area contributed by atoms with E-state index in [1.165, 1.54) is 24.6 Å². The summed E-state index contributed by atoms with van der Waals surface area (Å²) in [6, 6.07) is 8.06. The first kappa shape index (κ1) is 18.2. The van der Waals surface area contributed by atoms with Gasteiger partial charge in [0.05, 0.1) is 34.4 Å². The fraction of sp³-hybridized carbons (Fsp3) is 0.111. The van der Waals surface area contributed by atoms with Gasteiger partial charge in [0.1, 0.15) is 11.5 Å². The highest BCUT2D eigenvalue weighted by molar-refractivity contribution is 6.31. The number of furan rings is 1. The number of H-pyrrole nitrogens is 1. The summed E-state index contributed by atoms with van der Waals surface area (Å²) in [7, 11) is 0. The summed E-state index contributed by atoms with van der Waals surface area (Å²) in [6.07, 6.45) is -1.57. The molecule has 28 heavy (non-hydrogen) atoms. The Morgan fingerprint density at radius 2 is 2.11 bits per heavy atom. The molecule has 0 atom stereocenters. The van der Waals surface area contributed by atoms with Crippen LogP contribution in [0.15, 0.2) is 53.3 Å². The Hall–Kier alpha value is -3.20. The van der Waals surface area contributed by atoms with E-state index < -0.39 is 17.6 Å². The van der Waals surface area contributed by atoms with E-state index in [2.05, 4.69) is 15.3 Å². The minimum absolute atomic E-state index is 0.0847. The minimum Gasteiger partial charge on any atom is -0.467 e. The third kappa shape index (κ3) is 3.48. The fourth-order valence-corrected chi connectivity index (χ4v) is 2.95. The van der Waals surface area contributed by atoms with E-state index in [0.717, 1.165) is 12.1 Å². The number of aromatic nitrogens is 3. The van der Waals surface area contributed by atoms with E-state index in [1.54, 1.807) is 16.7 Å². The standard InChI is InChI=1S/C18H12ClF3N4O2/c19-11-7-14(23-8-11)16(27)25-17-24-13-6-10(18(20,21)22)3-4-15(13)26(17)9-12-2-1-5-28-12/h1-8,23H,9H2,(H,24,25,27). The number of carbonyl (C=O) groups excluding carboxylic acids is 1. The number of benzene rings is 1. The van der Waals surface area contributed by atoms with Crippen LogP contribution in [0.4, 0.5) is 19.1 Å². The van der Waals surface area contributed by atoms with Gasteiger partial charge < -0.3 is 14.0 Å². The van der Waals surface area contributed by atoms with Crippen molar-refractivity contribution in [3.8, 4) is 0 Å². The lowest BCUT2D eigenvalue weighted by Gasteiger charge is -2.09. The van der Waals surface area contributed by atoms with Gasteiger partial charge in [0.15, 0.2) is 0 Å². The van der Waals surface area contributed by atoms with Crippen molar-refractivity contribution in [1.82, 2.24) is 14.5 Å². The van der Waals surface area contributed by atoms with Gasteiger partial charge in [-0.3, -0.25) is 10.1 Å². The number of aromatic amines is 1. The minimum atomic E-state index is -4.50. The van der Waals surface area contributed by atoms with Crippen molar-refractivity contribution >= 4 is 34.5 Å². The Balaban J connectivity index is 1.77. The zero-order valence-electron chi connectivity index (χ0n) is 14.0. The summed E-state index contributed by atoms with van der Waals surface area (Å²) in [4.78, 5) is 19.3. The SMILES string of the molecule is O=C(Nc1nc2cc(C(F)(F)F)ccc2n1Cc1ccco1)c1cc(Cl)c[nH]1. The Morgan fingerprint density at radius 3 is 2.75 bits per heavy atom. The smallest absolute Gasteiger partial charge is 0.416 e. The van der Waals surface area contributed by atoms with Gasteiger partial charge in [-0.2, -0.15) is 13.2 Å². The summed E-state index contributed by atoms with van der Waals surface area (Å²) in [6.45, 7) is 0.177. The largest absolute Gasteiger partial charge is 0.467 e. The maximum absolute atomic E-state index is 13.0. The molecule has 4 rings (SSSR count). The van der Waals surface area contributed by atoms with Crippen molar-refractivity contribution < 1.29 is 22.4 Å². The van der Waals surface area contributed by atoms with E-state index in [-0.39, 0.29) is 23.7 Å². The number of halogens is 4. The molecule has 10 heteroatoms. The first-order valence-corrected chi connectivity index (χ1v) is 8.44. The quantitative estimate of drug-likeness (QED) is 0.502. The summed E-state index contributed by atoms with van der Waals surface area (Å²) in [5, 5.41) is 2.95. The van der Waals surface area contributed by atoms with E-state index in [1.807, 2.05) is 0 Å². The van der Waals surface area contributed by atoms with Crippen LogP contribution >= 0.6 is 11.6 Å². The molecule has 0 unspecified atom stereocenters. The van der Waals surface area contributed by atoms with Crippen LogP contribution in [0.1, 0.15) is 21.8 Å². The molecule has 0 aliphatic heterocycles. The van der Waals surface area contributed by atoms with Crippen LogP contribution in [-0.2, 0) is 12.7 Å². The van der Waals surface area contributed by atoms with Gasteiger partial charge in [-0.15, -0.1) is 0 Å². The van der Waals surface area contributed by atoms with E-state index in [4.69, 9.17) is 16.0 Å². The number of hydrogen-bond donors (Lipinski definition) is 2. The van der Waals surface area contributed by atoms with Gasteiger partial charge in [-0.05, 0) is 36.4 Å². The molecule has 0 fully saturated rings. The molecule has 0 bridgehead atoms. The number of alkyl halides is 3. The van der Waals surface area contributed by atoms with Gasteiger partial charge in [-0.1, -0.05) is 11.6 Å². The lowest BCUT2D eigenvalue weighted by atomic mass is 10.2. The van der Waals surface area contributed by atoms with Crippen molar-refractivity contribution in [3.05, 3.63) is 70.9 Å². The molecule has 0 saturated carbocycles. The normalized spacial score (nSPS) is 11.9. The summed E-state index contributed by atoms with van der Waals surface area (Å²) < 4.78 is 46.0. The van der Waals surface area contributed by atoms with Gasteiger partial charge in [-0.25, -0.2) is 4.98 Å². The van der Waals surface area contributed by atoms with E-state index in [0.29, 0.717) is 16.3 Å². The second kappa shape index (κ2) is 6.75. The average Bonchev–Trinajstić information content (AvgIpc) is 3.35. The Labute approximate surface area is 160 Å². The number of nitrogens with zero attached hydrogens (tertiary/aromatic N) is 2. The van der Waals surface area contributed by atoms with Crippen molar-refractivity contribution in [1.29, 1.82) is 0 Å². The molecule has 0 saturated heterocycles. The van der Waals surface area contributed by atoms with Crippen LogP contribution < -0.4 is 5.32 Å². The number of nitrogens with one attached hydrogen (secondary N) is 2. The molecule has 0 aliphatic rings. The first-order valence-electron chi connectivity index (χ1n) is 8.06. The molecule has 3 heterocycles. The lowest BCUT2D eigenvalue weighted by Crippen LogP contribution is -2.16. The molecular weight excluding hydrogens is 397 g/mol. The van der Waals surface area contributed by atoms with Crippen molar-refractivity contribution in [2.24, 2.45) is 0 Å². The van der Waals surface area contributed by atoms with Crippen LogP contribution in [-0.4, -0.2) is 20.4 Å². The van der Waals surface area contributed by atoms with Gasteiger partial charge in [0.25, 0.3) is 5.91 Å². The zero-order chi connectivity index (χ0) is 19.9. The molecule has 0 spiro atoms. The first-order chi connectivity index (χ1) is 13.3. The second-order valence-electron chi connectivity index (χ2n) is 5.99. The molecule has 144 valence electrons. The third-order valence-electron chi connectivity index (χ3n) is 4.09. The Morgan fingerprint density at radius 1 is 1.29 bits per heavy atom. The number of hydrogen-bond acceptors (Lipinski definition) is 3. The van der Waals surface area contributed by atoms with Gasteiger partial charge in [0, 0.05) is 6.20 Å². The number of amides is 1. The second-order valence-corrected chi connectivity index (χ2v) is 6.42. The van der Waals surface area contributed by atoms with Gasteiger partial charge in [0.2, 0.25) is 5.95 Å². The van der Waals surface area contributed by atoms with Crippen molar-refractivity contribution in [3.63, 3.8) is 0 Å². The topological polar surface area (TPSA) is 75.8 Å². The average molecular weight is 409 g/mol. The highest BCUT2D eigenvalue weighted by Gasteiger charge is 2.31. The van der Waals surface area contributed by atoms with E-state index >= 15 is 0 Å².